The minimum Gasteiger partial charge on any atom is -0.440 e. The number of ether oxygens (including phenoxy) is 1. The molecule has 3 aliphatic heterocycles. The molecule has 0 aliphatic carbocycles. The van der Waals surface area contributed by atoms with Crippen molar-refractivity contribution >= 4 is 11.8 Å². The van der Waals surface area contributed by atoms with E-state index in [1.54, 1.807) is 6.07 Å². The summed E-state index contributed by atoms with van der Waals surface area (Å²) >= 11 is 0. The first kappa shape index (κ1) is 25.3. The molecule has 8 heteroatoms. The number of hydrogen-bond donors (Lipinski definition) is 0. The van der Waals surface area contributed by atoms with Crippen molar-refractivity contribution in [2.45, 2.75) is 38.5 Å². The van der Waals surface area contributed by atoms with Gasteiger partial charge in [-0.05, 0) is 36.8 Å². The largest absolute Gasteiger partial charge is 0.440 e. The van der Waals surface area contributed by atoms with Gasteiger partial charge < -0.3 is 9.22 Å². The third-order valence-corrected chi connectivity index (χ3v) is 8.06. The molecule has 194 valence electrons. The van der Waals surface area contributed by atoms with Crippen molar-refractivity contribution in [3.63, 3.8) is 0 Å². The van der Waals surface area contributed by atoms with Crippen molar-refractivity contribution in [2.75, 3.05) is 24.5 Å². The molecule has 3 aliphatic rings. The second-order valence-electron chi connectivity index (χ2n) is 10.1. The number of anilines is 1. The van der Waals surface area contributed by atoms with Gasteiger partial charge >= 0.3 is 6.09 Å². The Kier molecular flexibility index (Phi) is 6.94. The molecule has 3 aromatic carbocycles. The van der Waals surface area contributed by atoms with E-state index in [1.165, 1.54) is 23.8 Å². The first-order chi connectivity index (χ1) is 17.8. The number of quaternary nitrogens is 1. The van der Waals surface area contributed by atoms with Gasteiger partial charge in [0.25, 0.3) is 0 Å². The molecule has 1 amide bonds. The molecule has 6 rings (SSSR count). The van der Waals surface area contributed by atoms with Crippen LogP contribution < -0.4 is 4.90 Å². The van der Waals surface area contributed by atoms with Crippen LogP contribution in [0.2, 0.25) is 0 Å². The van der Waals surface area contributed by atoms with Gasteiger partial charge in [-0.2, -0.15) is 0 Å². The molecule has 37 heavy (non-hydrogen) atoms. The van der Waals surface area contributed by atoms with E-state index in [0.29, 0.717) is 6.54 Å². The van der Waals surface area contributed by atoms with E-state index in [-0.39, 0.29) is 35.9 Å². The van der Waals surface area contributed by atoms with Crippen molar-refractivity contribution < 1.29 is 31.6 Å². The van der Waals surface area contributed by atoms with E-state index in [9.17, 15) is 22.4 Å². The van der Waals surface area contributed by atoms with Crippen LogP contribution in [0.25, 0.3) is 0 Å². The van der Waals surface area contributed by atoms with Gasteiger partial charge in [-0.1, -0.05) is 42.5 Å². The quantitative estimate of drug-likeness (QED) is 0.207. The summed E-state index contributed by atoms with van der Waals surface area (Å²) in [4.78, 5) is 14.5. The zero-order valence-electron chi connectivity index (χ0n) is 20.5. The van der Waals surface area contributed by atoms with Gasteiger partial charge in [0.05, 0.1) is 25.3 Å². The van der Waals surface area contributed by atoms with Crippen LogP contribution in [-0.4, -0.2) is 36.3 Å². The Morgan fingerprint density at radius 3 is 2.22 bits per heavy atom. The maximum atomic E-state index is 14.7. The molecular weight excluding hydrogens is 484 g/mol. The molecule has 4 nitrogen and oxygen atoms in total. The Morgan fingerprint density at radius 1 is 0.946 bits per heavy atom. The van der Waals surface area contributed by atoms with Gasteiger partial charge in [-0.15, -0.1) is 0 Å². The zero-order valence-corrected chi connectivity index (χ0v) is 20.5. The maximum Gasteiger partial charge on any atom is 0.415 e. The number of nitrogens with zero attached hydrogens (tertiary/aromatic N) is 2. The van der Waals surface area contributed by atoms with Crippen LogP contribution >= 0.6 is 0 Å². The highest BCUT2D eigenvalue weighted by atomic mass is 19.2. The molecule has 3 fully saturated rings. The molecule has 0 N–H and O–H groups in total. The van der Waals surface area contributed by atoms with Crippen LogP contribution in [0.3, 0.4) is 0 Å². The van der Waals surface area contributed by atoms with Crippen molar-refractivity contribution in [3.8, 4) is 0 Å². The van der Waals surface area contributed by atoms with Crippen LogP contribution in [0, 0.1) is 29.2 Å². The zero-order chi connectivity index (χ0) is 26.2. The number of benzene rings is 3. The summed E-state index contributed by atoms with van der Waals surface area (Å²) in [6.07, 6.45) is 0.628. The van der Waals surface area contributed by atoms with Gasteiger partial charge in [-0.3, -0.25) is 4.90 Å². The number of piperidine rings is 3. The minimum absolute atomic E-state index is 0.0216. The Bertz CT molecular complexity index is 1250. The van der Waals surface area contributed by atoms with Gasteiger partial charge in [0.1, 0.15) is 18.4 Å². The van der Waals surface area contributed by atoms with E-state index in [0.717, 1.165) is 47.4 Å². The van der Waals surface area contributed by atoms with Crippen LogP contribution in [0.5, 0.6) is 0 Å². The lowest BCUT2D eigenvalue weighted by Crippen LogP contribution is -2.65. The lowest BCUT2D eigenvalue weighted by atomic mass is 9.81. The highest BCUT2D eigenvalue weighted by molar-refractivity contribution is 5.87. The van der Waals surface area contributed by atoms with Crippen LogP contribution in [0.15, 0.2) is 66.7 Å². The summed E-state index contributed by atoms with van der Waals surface area (Å²) in [6, 6.07) is 17.7. The van der Waals surface area contributed by atoms with Crippen molar-refractivity contribution in [1.29, 1.82) is 0 Å². The fourth-order valence-corrected chi connectivity index (χ4v) is 5.88. The number of fused-ring (bicyclic) bond motifs is 3. The number of carbonyl (C=O) groups excluding carboxylic acids is 1. The summed E-state index contributed by atoms with van der Waals surface area (Å²) in [5.74, 6) is -4.85. The first-order valence-corrected chi connectivity index (χ1v) is 12.5. The molecule has 0 radical (unpaired) electrons. The summed E-state index contributed by atoms with van der Waals surface area (Å²) in [7, 11) is 0. The Morgan fingerprint density at radius 2 is 1.57 bits per heavy atom. The van der Waals surface area contributed by atoms with Gasteiger partial charge in [0.2, 0.25) is 0 Å². The number of amides is 1. The number of rotatable bonds is 6. The Hall–Kier alpha value is -3.39. The fraction of sp³-hybridized carbons (Fsp3) is 0.345. The lowest BCUT2D eigenvalue weighted by Gasteiger charge is -2.55. The van der Waals surface area contributed by atoms with E-state index in [4.69, 9.17) is 4.74 Å². The average Bonchev–Trinajstić information content (AvgIpc) is 2.91. The molecular formula is C29H29F4N2O2+. The van der Waals surface area contributed by atoms with E-state index in [1.807, 2.05) is 18.2 Å². The molecule has 0 saturated carbocycles. The number of hydrogen-bond acceptors (Lipinski definition) is 2. The predicted molar refractivity (Wildman–Crippen MR) is 132 cm³/mol. The highest BCUT2D eigenvalue weighted by Crippen LogP contribution is 2.42. The monoisotopic (exact) mass is 513 g/mol. The summed E-state index contributed by atoms with van der Waals surface area (Å²) in [6.45, 7) is 4.42. The third kappa shape index (κ3) is 4.94. The summed E-state index contributed by atoms with van der Waals surface area (Å²) < 4.78 is 62.8. The second kappa shape index (κ2) is 10.2. The van der Waals surface area contributed by atoms with E-state index >= 15 is 0 Å². The smallest absolute Gasteiger partial charge is 0.415 e. The number of carbonyl (C=O) groups is 1. The van der Waals surface area contributed by atoms with Gasteiger partial charge in [-0.25, -0.2) is 22.4 Å². The molecule has 2 bridgehead atoms. The van der Waals surface area contributed by atoms with Crippen LogP contribution in [0.4, 0.5) is 28.0 Å². The SMILES string of the molecule is CC(c1ccccc1)[N+]12CCC(CC1)[C@@H](OC(=O)N(Cc1cc(F)c(F)c(F)c1)c1ccccc1F)C2. The van der Waals surface area contributed by atoms with Crippen molar-refractivity contribution in [2.24, 2.45) is 5.92 Å². The molecule has 3 heterocycles. The van der Waals surface area contributed by atoms with E-state index in [2.05, 4.69) is 19.1 Å². The van der Waals surface area contributed by atoms with Crippen molar-refractivity contribution in [1.82, 2.24) is 0 Å². The Labute approximate surface area is 213 Å². The molecule has 0 aromatic heterocycles. The highest BCUT2D eigenvalue weighted by Gasteiger charge is 2.50. The molecule has 2 atom stereocenters. The van der Waals surface area contributed by atoms with E-state index < -0.39 is 29.4 Å². The number of halogens is 4. The first-order valence-electron chi connectivity index (χ1n) is 12.5. The maximum absolute atomic E-state index is 14.7. The molecule has 3 saturated heterocycles. The minimum atomic E-state index is -1.60. The lowest BCUT2D eigenvalue weighted by molar-refractivity contribution is -0.972. The van der Waals surface area contributed by atoms with Gasteiger partial charge in [0, 0.05) is 24.3 Å². The summed E-state index contributed by atoms with van der Waals surface area (Å²) in [5, 5.41) is 0. The van der Waals surface area contributed by atoms with Crippen LogP contribution in [-0.2, 0) is 11.3 Å². The fourth-order valence-electron chi connectivity index (χ4n) is 5.88. The second-order valence-corrected chi connectivity index (χ2v) is 10.1. The van der Waals surface area contributed by atoms with Crippen LogP contribution in [0.1, 0.15) is 36.9 Å². The summed E-state index contributed by atoms with van der Waals surface area (Å²) in [5.41, 5.74) is 1.12. The normalized spacial score (nSPS) is 23.5. The predicted octanol–water partition coefficient (Wildman–Crippen LogP) is 6.76. The topological polar surface area (TPSA) is 29.5 Å². The average molecular weight is 514 g/mol. The van der Waals surface area contributed by atoms with Gasteiger partial charge in [0.15, 0.2) is 23.6 Å². The van der Waals surface area contributed by atoms with Crippen molar-refractivity contribution in [3.05, 3.63) is 101 Å². The Balaban J connectivity index is 1.40. The molecule has 0 spiro atoms. The molecule has 3 aromatic rings. The standard InChI is InChI=1S/C29H29F4N2O2/c1-19(21-7-3-2-4-8-21)35-13-11-22(12-14-35)27(18-35)37-29(36)34(26-10-6-5-9-23(26)30)17-20-15-24(31)28(33)25(32)16-20/h2-10,15-16,19,22,27H,11-14,17-18H2,1H3/q+1/t19?,22?,27-,35?/m0/s1. The number of para-hydroxylation sites is 1. The third-order valence-electron chi connectivity index (χ3n) is 8.06. The molecule has 1 unspecified atom stereocenters.